The molecule has 7 heteroatoms. The van der Waals surface area contributed by atoms with Gasteiger partial charge in [-0.3, -0.25) is 4.79 Å². The van der Waals surface area contributed by atoms with E-state index >= 15 is 0 Å². The van der Waals surface area contributed by atoms with Gasteiger partial charge in [-0.05, 0) is 36.1 Å². The van der Waals surface area contributed by atoms with E-state index in [0.29, 0.717) is 30.3 Å². The molecule has 3 rings (SSSR count). The van der Waals surface area contributed by atoms with Crippen LogP contribution in [0, 0.1) is 5.92 Å². The lowest BCUT2D eigenvalue weighted by Crippen LogP contribution is -2.45. The number of methoxy groups -OCH3 is 1. The van der Waals surface area contributed by atoms with Crippen molar-refractivity contribution in [1.29, 1.82) is 0 Å². The summed E-state index contributed by atoms with van der Waals surface area (Å²) in [7, 11) is 1.58. The van der Waals surface area contributed by atoms with Gasteiger partial charge in [-0.1, -0.05) is 63.1 Å². The Morgan fingerprint density at radius 1 is 1.15 bits per heavy atom. The zero-order chi connectivity index (χ0) is 23.8. The summed E-state index contributed by atoms with van der Waals surface area (Å²) < 4.78 is 11.5. The van der Waals surface area contributed by atoms with Gasteiger partial charge in [0.2, 0.25) is 5.91 Å². The highest BCUT2D eigenvalue weighted by atomic mass is 32.2. The lowest BCUT2D eigenvalue weighted by molar-refractivity contribution is -0.151. The topological polar surface area (TPSA) is 76.1 Å². The van der Waals surface area contributed by atoms with Gasteiger partial charge in [-0.15, -0.1) is 11.8 Å². The van der Waals surface area contributed by atoms with Gasteiger partial charge in [0.25, 0.3) is 0 Å². The number of carbonyl (C=O) groups excluding carboxylic acids is 1. The smallest absolute Gasteiger partial charge is 0.327 e. The maximum Gasteiger partial charge on any atom is 0.327 e. The molecule has 0 spiro atoms. The Kier molecular flexibility index (Phi) is 9.06. The quantitative estimate of drug-likeness (QED) is 0.465. The number of hydrogen-bond acceptors (Lipinski definition) is 5. The molecule has 1 fully saturated rings. The second kappa shape index (κ2) is 12.0. The number of thioether (sulfide) groups is 1. The molecule has 1 N–H and O–H groups in total. The van der Waals surface area contributed by atoms with Gasteiger partial charge in [0.1, 0.15) is 18.0 Å². The zero-order valence-electron chi connectivity index (χ0n) is 19.5. The van der Waals surface area contributed by atoms with Crippen LogP contribution in [0.15, 0.2) is 48.5 Å². The minimum absolute atomic E-state index is 0.0725. The van der Waals surface area contributed by atoms with E-state index in [4.69, 9.17) is 9.47 Å². The molecule has 2 aromatic rings. The highest BCUT2D eigenvalue weighted by Crippen LogP contribution is 2.45. The summed E-state index contributed by atoms with van der Waals surface area (Å²) in [6, 6.07) is 14.6. The van der Waals surface area contributed by atoms with Crippen LogP contribution in [0.25, 0.3) is 0 Å². The Labute approximate surface area is 200 Å². The normalized spacial score (nSPS) is 18.7. The molecule has 0 radical (unpaired) electrons. The number of unbranched alkanes of at least 4 members (excludes halogenated alkanes) is 1. The van der Waals surface area contributed by atoms with Crippen molar-refractivity contribution in [2.24, 2.45) is 5.92 Å². The second-order valence-corrected chi connectivity index (χ2v) is 9.33. The fraction of sp³-hybridized carbons (Fsp3) is 0.462. The molecule has 0 bridgehead atoms. The van der Waals surface area contributed by atoms with E-state index in [0.717, 1.165) is 30.4 Å². The third-order valence-corrected chi connectivity index (χ3v) is 7.32. The third kappa shape index (κ3) is 6.02. The van der Waals surface area contributed by atoms with Crippen LogP contribution in [-0.4, -0.2) is 40.8 Å². The number of carbonyl (C=O) groups is 2. The molecule has 33 heavy (non-hydrogen) atoms. The Balaban J connectivity index is 1.84. The summed E-state index contributed by atoms with van der Waals surface area (Å²) in [6.07, 6.45) is 3.44. The summed E-state index contributed by atoms with van der Waals surface area (Å²) in [5.74, 6) is 0.340. The fourth-order valence-corrected chi connectivity index (χ4v) is 5.50. The number of hydrogen-bond donors (Lipinski definition) is 1. The monoisotopic (exact) mass is 471 g/mol. The average Bonchev–Trinajstić information content (AvgIpc) is 3.29. The molecule has 2 aromatic carbocycles. The Morgan fingerprint density at radius 2 is 1.91 bits per heavy atom. The molecular weight excluding hydrogens is 438 g/mol. The molecule has 1 saturated heterocycles. The molecule has 1 aliphatic heterocycles. The second-order valence-electron chi connectivity index (χ2n) is 8.22. The van der Waals surface area contributed by atoms with Gasteiger partial charge < -0.3 is 19.5 Å². The largest absolute Gasteiger partial charge is 0.493 e. The Bertz CT molecular complexity index is 936. The summed E-state index contributed by atoms with van der Waals surface area (Å²) in [6.45, 7) is 4.50. The summed E-state index contributed by atoms with van der Waals surface area (Å²) >= 11 is 1.48. The lowest BCUT2D eigenvalue weighted by Gasteiger charge is -2.31. The SMILES string of the molecule is CCCCC(CC)C(=O)N1C(C(=O)O)CSC1c1ccc(OCc2ccccc2)c(OC)c1. The lowest BCUT2D eigenvalue weighted by atomic mass is 9.96. The fourth-order valence-electron chi connectivity index (χ4n) is 4.08. The van der Waals surface area contributed by atoms with Crippen molar-refractivity contribution in [3.63, 3.8) is 0 Å². The number of aliphatic carboxylic acids is 1. The molecule has 6 nitrogen and oxygen atoms in total. The molecule has 178 valence electrons. The average molecular weight is 472 g/mol. The van der Waals surface area contributed by atoms with E-state index in [-0.39, 0.29) is 17.2 Å². The standard InChI is InChI=1S/C26H33NO5S/c1-4-6-12-19(5-2)24(28)27-21(26(29)30)17-33-25(27)20-13-14-22(23(15-20)31-3)32-16-18-10-8-7-9-11-18/h7-11,13-15,19,21,25H,4-6,12,16-17H2,1-3H3,(H,29,30). The molecule has 0 aromatic heterocycles. The van der Waals surface area contributed by atoms with Gasteiger partial charge in [0.15, 0.2) is 11.5 Å². The van der Waals surface area contributed by atoms with Crippen LogP contribution in [-0.2, 0) is 16.2 Å². The first-order valence-corrected chi connectivity index (χ1v) is 12.6. The van der Waals surface area contributed by atoms with Gasteiger partial charge >= 0.3 is 5.97 Å². The summed E-state index contributed by atoms with van der Waals surface area (Å²) in [4.78, 5) is 27.0. The predicted molar refractivity (Wildman–Crippen MR) is 131 cm³/mol. The molecule has 1 aliphatic rings. The molecule has 1 heterocycles. The maximum absolute atomic E-state index is 13.5. The van der Waals surface area contributed by atoms with E-state index in [1.807, 2.05) is 55.5 Å². The van der Waals surface area contributed by atoms with Crippen molar-refractivity contribution < 1.29 is 24.2 Å². The maximum atomic E-state index is 13.5. The van der Waals surface area contributed by atoms with Crippen LogP contribution in [0.4, 0.5) is 0 Å². The van der Waals surface area contributed by atoms with Crippen LogP contribution >= 0.6 is 11.8 Å². The number of nitrogens with zero attached hydrogens (tertiary/aromatic N) is 1. The third-order valence-electron chi connectivity index (χ3n) is 6.00. The zero-order valence-corrected chi connectivity index (χ0v) is 20.3. The number of benzene rings is 2. The number of carboxylic acids is 1. The van der Waals surface area contributed by atoms with Gasteiger partial charge in [-0.25, -0.2) is 4.79 Å². The molecule has 0 saturated carbocycles. The molecule has 1 amide bonds. The van der Waals surface area contributed by atoms with E-state index in [9.17, 15) is 14.7 Å². The summed E-state index contributed by atoms with van der Waals surface area (Å²) in [5, 5.41) is 9.43. The first-order chi connectivity index (χ1) is 16.0. The van der Waals surface area contributed by atoms with Crippen LogP contribution in [0.1, 0.15) is 56.0 Å². The highest BCUT2D eigenvalue weighted by molar-refractivity contribution is 7.99. The number of amides is 1. The summed E-state index contributed by atoms with van der Waals surface area (Å²) in [5.41, 5.74) is 1.89. The first-order valence-electron chi connectivity index (χ1n) is 11.5. The van der Waals surface area contributed by atoms with Crippen molar-refractivity contribution in [2.45, 2.75) is 57.6 Å². The van der Waals surface area contributed by atoms with Crippen molar-refractivity contribution >= 4 is 23.6 Å². The van der Waals surface area contributed by atoms with Crippen molar-refractivity contribution in [3.8, 4) is 11.5 Å². The van der Waals surface area contributed by atoms with E-state index in [1.54, 1.807) is 12.0 Å². The van der Waals surface area contributed by atoms with Crippen LogP contribution in [0.5, 0.6) is 11.5 Å². The van der Waals surface area contributed by atoms with E-state index < -0.39 is 12.0 Å². The minimum Gasteiger partial charge on any atom is -0.493 e. The van der Waals surface area contributed by atoms with Crippen molar-refractivity contribution in [3.05, 3.63) is 59.7 Å². The molecule has 3 atom stereocenters. The van der Waals surface area contributed by atoms with Crippen molar-refractivity contribution in [2.75, 3.05) is 12.9 Å². The van der Waals surface area contributed by atoms with Crippen LogP contribution in [0.2, 0.25) is 0 Å². The van der Waals surface area contributed by atoms with Gasteiger partial charge in [0.05, 0.1) is 7.11 Å². The van der Waals surface area contributed by atoms with Crippen LogP contribution < -0.4 is 9.47 Å². The Morgan fingerprint density at radius 3 is 2.55 bits per heavy atom. The molecule has 3 unspecified atom stereocenters. The highest BCUT2D eigenvalue weighted by Gasteiger charge is 2.44. The Hall–Kier alpha value is -2.67. The van der Waals surface area contributed by atoms with Crippen molar-refractivity contribution in [1.82, 2.24) is 4.90 Å². The van der Waals surface area contributed by atoms with Gasteiger partial charge in [0, 0.05) is 11.7 Å². The predicted octanol–water partition coefficient (Wildman–Crippen LogP) is 5.52. The number of ether oxygens (including phenoxy) is 2. The first kappa shape index (κ1) is 25.0. The van der Waals surface area contributed by atoms with E-state index in [2.05, 4.69) is 6.92 Å². The number of carboxylic acid groups (broad SMARTS) is 1. The number of rotatable bonds is 11. The minimum atomic E-state index is -0.960. The molecular formula is C26H33NO5S. The van der Waals surface area contributed by atoms with E-state index in [1.165, 1.54) is 11.8 Å². The van der Waals surface area contributed by atoms with Gasteiger partial charge in [-0.2, -0.15) is 0 Å². The molecule has 0 aliphatic carbocycles. The van der Waals surface area contributed by atoms with Crippen LogP contribution in [0.3, 0.4) is 0 Å².